The number of nitrogens with zero attached hydrogens (tertiary/aromatic N) is 3. The number of pyridine rings is 1. The molecular weight excluding hydrogens is 406 g/mol. The number of ether oxygens (including phenoxy) is 1. The fraction of sp³-hybridized carbons (Fsp3) is 0.280. The van der Waals surface area contributed by atoms with Crippen molar-refractivity contribution in [3.8, 4) is 5.75 Å². The van der Waals surface area contributed by atoms with Gasteiger partial charge in [0.05, 0.1) is 12.8 Å². The van der Waals surface area contributed by atoms with Crippen LogP contribution in [0, 0.1) is 6.92 Å². The van der Waals surface area contributed by atoms with E-state index < -0.39 is 0 Å². The van der Waals surface area contributed by atoms with Gasteiger partial charge in [0.15, 0.2) is 0 Å². The van der Waals surface area contributed by atoms with Gasteiger partial charge in [0.2, 0.25) is 0 Å². The number of rotatable bonds is 8. The molecule has 0 fully saturated rings. The number of methoxy groups -OCH3 is 1. The fourth-order valence-electron chi connectivity index (χ4n) is 3.73. The molecule has 31 heavy (non-hydrogen) atoms. The van der Waals surface area contributed by atoms with E-state index in [2.05, 4.69) is 41.5 Å². The average Bonchev–Trinajstić information content (AvgIpc) is 3.27. The van der Waals surface area contributed by atoms with E-state index in [1.54, 1.807) is 28.9 Å². The second-order valence-corrected chi connectivity index (χ2v) is 8.94. The molecule has 3 aromatic heterocycles. The van der Waals surface area contributed by atoms with Crippen LogP contribution in [0.1, 0.15) is 28.6 Å². The molecule has 0 spiro atoms. The molecular formula is C25H27N3O2S. The molecule has 0 N–H and O–H groups in total. The Kier molecular flexibility index (Phi) is 6.49. The van der Waals surface area contributed by atoms with Crippen LogP contribution in [0.15, 0.2) is 71.0 Å². The molecule has 0 aliphatic heterocycles. The lowest BCUT2D eigenvalue weighted by Crippen LogP contribution is -2.34. The van der Waals surface area contributed by atoms with Gasteiger partial charge in [-0.05, 0) is 61.0 Å². The molecule has 0 saturated carbocycles. The average molecular weight is 434 g/mol. The Hall–Kier alpha value is -2.96. The molecule has 160 valence electrons. The molecule has 6 heteroatoms. The van der Waals surface area contributed by atoms with Gasteiger partial charge in [-0.1, -0.05) is 24.3 Å². The highest BCUT2D eigenvalue weighted by molar-refractivity contribution is 7.09. The first-order chi connectivity index (χ1) is 15.0. The summed E-state index contributed by atoms with van der Waals surface area (Å²) in [6.45, 7) is 5.59. The molecule has 0 radical (unpaired) electrons. The van der Waals surface area contributed by atoms with Crippen molar-refractivity contribution in [1.29, 1.82) is 0 Å². The summed E-state index contributed by atoms with van der Waals surface area (Å²) in [7, 11) is 1.68. The summed E-state index contributed by atoms with van der Waals surface area (Å²) in [4.78, 5) is 21.2. The van der Waals surface area contributed by atoms with Crippen molar-refractivity contribution in [3.05, 3.63) is 98.2 Å². The van der Waals surface area contributed by atoms with Crippen molar-refractivity contribution < 1.29 is 4.74 Å². The quantitative estimate of drug-likeness (QED) is 0.404. The molecule has 0 aliphatic rings. The molecule has 4 rings (SSSR count). The molecule has 0 bridgehead atoms. The Bertz CT molecular complexity index is 1200. The van der Waals surface area contributed by atoms with Gasteiger partial charge >= 0.3 is 0 Å². The zero-order valence-electron chi connectivity index (χ0n) is 18.1. The van der Waals surface area contributed by atoms with Crippen LogP contribution >= 0.6 is 11.3 Å². The Balaban J connectivity index is 1.61. The number of benzene rings is 1. The number of fused-ring (bicyclic) bond motifs is 1. The minimum absolute atomic E-state index is 0.0426. The summed E-state index contributed by atoms with van der Waals surface area (Å²) < 4.78 is 6.90. The smallest absolute Gasteiger partial charge is 0.258 e. The van der Waals surface area contributed by atoms with E-state index in [1.807, 2.05) is 37.4 Å². The van der Waals surface area contributed by atoms with Crippen molar-refractivity contribution in [2.75, 3.05) is 7.11 Å². The Morgan fingerprint density at radius 1 is 1.13 bits per heavy atom. The summed E-state index contributed by atoms with van der Waals surface area (Å²) in [6.07, 6.45) is 2.79. The largest absolute Gasteiger partial charge is 0.497 e. The summed E-state index contributed by atoms with van der Waals surface area (Å²) in [5.74, 6) is 0.849. The minimum atomic E-state index is -0.0426. The zero-order chi connectivity index (χ0) is 21.8. The van der Waals surface area contributed by atoms with E-state index in [0.29, 0.717) is 18.2 Å². The van der Waals surface area contributed by atoms with Gasteiger partial charge in [-0.3, -0.25) is 14.1 Å². The van der Waals surface area contributed by atoms with Crippen molar-refractivity contribution in [3.63, 3.8) is 0 Å². The first kappa shape index (κ1) is 21.3. The standard InChI is InChI=1S/C25H27N3O2S/c1-18-6-11-24-26-21(14-25(29)28(24)15-18)17-27(19(2)13-23-5-4-12-31-23)16-20-7-9-22(30-3)10-8-20/h4-12,14-15,19H,13,16-17H2,1-3H3. The SMILES string of the molecule is COc1ccc(CN(Cc2cc(=O)n3cc(C)ccc3n2)C(C)Cc2cccs2)cc1. The highest BCUT2D eigenvalue weighted by Crippen LogP contribution is 2.20. The summed E-state index contributed by atoms with van der Waals surface area (Å²) in [6, 6.07) is 18.3. The van der Waals surface area contributed by atoms with Gasteiger partial charge < -0.3 is 4.74 Å². The van der Waals surface area contributed by atoms with Gasteiger partial charge in [0.1, 0.15) is 11.4 Å². The van der Waals surface area contributed by atoms with E-state index in [1.165, 1.54) is 10.4 Å². The summed E-state index contributed by atoms with van der Waals surface area (Å²) in [5, 5.41) is 2.11. The van der Waals surface area contributed by atoms with Crippen LogP contribution < -0.4 is 10.3 Å². The van der Waals surface area contributed by atoms with Crippen LogP contribution in [0.3, 0.4) is 0 Å². The third kappa shape index (κ3) is 5.21. The van der Waals surface area contributed by atoms with Gasteiger partial charge in [0.25, 0.3) is 5.56 Å². The summed E-state index contributed by atoms with van der Waals surface area (Å²) in [5.41, 5.74) is 3.67. The third-order valence-electron chi connectivity index (χ3n) is 5.47. The lowest BCUT2D eigenvalue weighted by atomic mass is 10.1. The first-order valence-electron chi connectivity index (χ1n) is 10.4. The predicted molar refractivity (Wildman–Crippen MR) is 126 cm³/mol. The van der Waals surface area contributed by atoms with Crippen LogP contribution in [0.2, 0.25) is 0 Å². The van der Waals surface area contributed by atoms with Crippen LogP contribution in [0.5, 0.6) is 5.75 Å². The fourth-order valence-corrected chi connectivity index (χ4v) is 4.56. The molecule has 3 heterocycles. The highest BCUT2D eigenvalue weighted by atomic mass is 32.1. The topological polar surface area (TPSA) is 46.8 Å². The van der Waals surface area contributed by atoms with Crippen molar-refractivity contribution in [2.24, 2.45) is 0 Å². The first-order valence-corrected chi connectivity index (χ1v) is 11.3. The van der Waals surface area contributed by atoms with Gasteiger partial charge in [-0.15, -0.1) is 11.3 Å². The van der Waals surface area contributed by atoms with Gasteiger partial charge in [-0.25, -0.2) is 4.98 Å². The predicted octanol–water partition coefficient (Wildman–Crippen LogP) is 4.71. The Morgan fingerprint density at radius 3 is 2.65 bits per heavy atom. The molecule has 0 amide bonds. The molecule has 1 atom stereocenters. The van der Waals surface area contributed by atoms with E-state index in [4.69, 9.17) is 9.72 Å². The van der Waals surface area contributed by atoms with Crippen LogP contribution in [0.4, 0.5) is 0 Å². The van der Waals surface area contributed by atoms with E-state index >= 15 is 0 Å². The van der Waals surface area contributed by atoms with Crippen LogP contribution in [0.25, 0.3) is 5.65 Å². The maximum absolute atomic E-state index is 12.7. The van der Waals surface area contributed by atoms with Crippen molar-refractivity contribution in [1.82, 2.24) is 14.3 Å². The monoisotopic (exact) mass is 433 g/mol. The van der Waals surface area contributed by atoms with E-state index in [-0.39, 0.29) is 5.56 Å². The van der Waals surface area contributed by atoms with Crippen LogP contribution in [-0.2, 0) is 19.5 Å². The van der Waals surface area contributed by atoms with Crippen molar-refractivity contribution >= 4 is 17.0 Å². The molecule has 5 nitrogen and oxygen atoms in total. The number of hydrogen-bond donors (Lipinski definition) is 0. The van der Waals surface area contributed by atoms with E-state index in [0.717, 1.165) is 30.0 Å². The number of aromatic nitrogens is 2. The summed E-state index contributed by atoms with van der Waals surface area (Å²) >= 11 is 1.78. The zero-order valence-corrected chi connectivity index (χ0v) is 18.9. The molecule has 1 unspecified atom stereocenters. The van der Waals surface area contributed by atoms with Crippen LogP contribution in [-0.4, -0.2) is 27.4 Å². The lowest BCUT2D eigenvalue weighted by Gasteiger charge is -2.29. The molecule has 4 aromatic rings. The number of thiophene rings is 1. The maximum Gasteiger partial charge on any atom is 0.258 e. The normalized spacial score (nSPS) is 12.4. The lowest BCUT2D eigenvalue weighted by molar-refractivity contribution is 0.188. The van der Waals surface area contributed by atoms with Crippen molar-refractivity contribution in [2.45, 2.75) is 39.4 Å². The minimum Gasteiger partial charge on any atom is -0.497 e. The Morgan fingerprint density at radius 2 is 1.94 bits per heavy atom. The van der Waals surface area contributed by atoms with Gasteiger partial charge in [0, 0.05) is 36.3 Å². The molecule has 1 aromatic carbocycles. The van der Waals surface area contributed by atoms with Gasteiger partial charge in [-0.2, -0.15) is 0 Å². The Labute approximate surface area is 186 Å². The van der Waals surface area contributed by atoms with E-state index in [9.17, 15) is 4.79 Å². The second-order valence-electron chi connectivity index (χ2n) is 7.91. The number of hydrogen-bond acceptors (Lipinski definition) is 5. The second kappa shape index (κ2) is 9.45. The molecule has 0 saturated heterocycles. The number of aryl methyl sites for hydroxylation is 1. The maximum atomic E-state index is 12.7. The third-order valence-corrected chi connectivity index (χ3v) is 6.37. The molecule has 0 aliphatic carbocycles. The highest BCUT2D eigenvalue weighted by Gasteiger charge is 2.18.